The van der Waals surface area contributed by atoms with E-state index in [9.17, 15) is 28.8 Å². The summed E-state index contributed by atoms with van der Waals surface area (Å²) in [5, 5.41) is 53.1. The standard InChI is InChI=1S/3C12H8N2O4.ClH.Ru/c3*15-11(16)7-1-3-13-9(5-7)10-6-8(12(17)18)2-4-14-10;;/h3*1-6H,(H,15,16)(H,17,18);1H;. The summed E-state index contributed by atoms with van der Waals surface area (Å²) in [5.74, 6) is -6.46. The number of pyridine rings is 6. The molecule has 0 amide bonds. The Morgan fingerprint density at radius 1 is 0.304 bits per heavy atom. The van der Waals surface area contributed by atoms with Gasteiger partial charge >= 0.3 is 35.8 Å². The molecule has 0 radical (unpaired) electrons. The van der Waals surface area contributed by atoms with Gasteiger partial charge in [-0.3, -0.25) is 29.9 Å². The molecule has 286 valence electrons. The molecule has 0 saturated carbocycles. The summed E-state index contributed by atoms with van der Waals surface area (Å²) in [4.78, 5) is 88.7. The minimum Gasteiger partial charge on any atom is -0.478 e. The first kappa shape index (κ1) is 44.8. The van der Waals surface area contributed by atoms with E-state index in [1.807, 2.05) is 0 Å². The van der Waals surface area contributed by atoms with Crippen LogP contribution in [0.25, 0.3) is 34.2 Å². The number of nitrogens with zero attached hydrogens (tertiary/aromatic N) is 6. The van der Waals surface area contributed by atoms with Gasteiger partial charge in [0.1, 0.15) is 0 Å². The van der Waals surface area contributed by atoms with Crippen molar-refractivity contribution < 1.29 is 78.9 Å². The Morgan fingerprint density at radius 2 is 0.429 bits per heavy atom. The number of hydrogen-bond donors (Lipinski definition) is 6. The molecular weight excluding hydrogens is 845 g/mol. The van der Waals surface area contributed by atoms with Crippen molar-refractivity contribution in [3.05, 3.63) is 143 Å². The smallest absolute Gasteiger partial charge is 0.335 e. The summed E-state index contributed by atoms with van der Waals surface area (Å²) in [6, 6.07) is 16.2. The molecule has 6 aromatic heterocycles. The number of carboxylic acid groups (broad SMARTS) is 6. The Kier molecular flexibility index (Phi) is 16.6. The number of rotatable bonds is 9. The van der Waals surface area contributed by atoms with E-state index in [4.69, 9.17) is 30.6 Å². The molecule has 20 heteroatoms. The van der Waals surface area contributed by atoms with Crippen molar-refractivity contribution >= 4 is 48.2 Å². The Balaban J connectivity index is 0.000000285. The predicted octanol–water partition coefficient (Wildman–Crippen LogP) is 5.04. The van der Waals surface area contributed by atoms with Crippen molar-refractivity contribution in [3.63, 3.8) is 0 Å². The topological polar surface area (TPSA) is 301 Å². The van der Waals surface area contributed by atoms with Crippen LogP contribution in [-0.2, 0) is 19.5 Å². The fourth-order valence-corrected chi connectivity index (χ4v) is 4.22. The van der Waals surface area contributed by atoms with Gasteiger partial charge in [-0.2, -0.15) is 0 Å². The molecule has 56 heavy (non-hydrogen) atoms. The number of hydrogen-bond acceptors (Lipinski definition) is 12. The van der Waals surface area contributed by atoms with Gasteiger partial charge in [-0.05, 0) is 72.8 Å². The minimum atomic E-state index is -1.08. The van der Waals surface area contributed by atoms with E-state index in [-0.39, 0.29) is 65.3 Å². The maximum Gasteiger partial charge on any atom is 0.335 e. The van der Waals surface area contributed by atoms with Crippen LogP contribution in [0.5, 0.6) is 0 Å². The maximum atomic E-state index is 10.8. The second-order valence-electron chi connectivity index (χ2n) is 10.4. The van der Waals surface area contributed by atoms with Crippen molar-refractivity contribution in [3.8, 4) is 34.2 Å². The second-order valence-corrected chi connectivity index (χ2v) is 10.4. The molecule has 0 bridgehead atoms. The molecule has 6 rings (SSSR count). The largest absolute Gasteiger partial charge is 0.478 e. The van der Waals surface area contributed by atoms with E-state index in [2.05, 4.69) is 29.9 Å². The Labute approximate surface area is 333 Å². The van der Waals surface area contributed by atoms with Gasteiger partial charge < -0.3 is 30.6 Å². The Hall–Kier alpha value is -7.37. The van der Waals surface area contributed by atoms with E-state index in [0.717, 1.165) is 0 Å². The number of halogens is 1. The van der Waals surface area contributed by atoms with Crippen LogP contribution in [0.2, 0.25) is 0 Å². The van der Waals surface area contributed by atoms with E-state index in [1.165, 1.54) is 110 Å². The summed E-state index contributed by atoms with van der Waals surface area (Å²) < 4.78 is 0. The Morgan fingerprint density at radius 3 is 0.536 bits per heavy atom. The predicted molar refractivity (Wildman–Crippen MR) is 191 cm³/mol. The monoisotopic (exact) mass is 870 g/mol. The van der Waals surface area contributed by atoms with Gasteiger partial charge in [-0.15, -0.1) is 12.4 Å². The van der Waals surface area contributed by atoms with Crippen LogP contribution in [0.3, 0.4) is 0 Å². The molecule has 0 spiro atoms. The van der Waals surface area contributed by atoms with Crippen LogP contribution in [0, 0.1) is 0 Å². The first-order valence-electron chi connectivity index (χ1n) is 14.9. The van der Waals surface area contributed by atoms with Gasteiger partial charge in [0.05, 0.1) is 67.5 Å². The van der Waals surface area contributed by atoms with E-state index >= 15 is 0 Å². The van der Waals surface area contributed by atoms with Crippen molar-refractivity contribution in [1.82, 2.24) is 29.9 Å². The van der Waals surface area contributed by atoms with Crippen LogP contribution in [0.1, 0.15) is 62.1 Å². The first-order chi connectivity index (χ1) is 25.7. The molecule has 6 heterocycles. The van der Waals surface area contributed by atoms with Crippen molar-refractivity contribution in [2.75, 3.05) is 0 Å². The average molecular weight is 870 g/mol. The minimum absolute atomic E-state index is 0. The quantitative estimate of drug-likeness (QED) is 0.104. The molecule has 0 aliphatic heterocycles. The Bertz CT molecular complexity index is 1990. The van der Waals surface area contributed by atoms with Crippen molar-refractivity contribution in [2.45, 2.75) is 0 Å². The zero-order valence-electron chi connectivity index (χ0n) is 28.0. The molecule has 18 nitrogen and oxygen atoms in total. The summed E-state index contributed by atoms with van der Waals surface area (Å²) in [6.07, 6.45) is 8.05. The summed E-state index contributed by atoms with van der Waals surface area (Å²) in [5.41, 5.74) is 2.34. The zero-order valence-corrected chi connectivity index (χ0v) is 30.5. The molecule has 0 aliphatic rings. The molecule has 0 fully saturated rings. The molecule has 0 unspecified atom stereocenters. The fourth-order valence-electron chi connectivity index (χ4n) is 4.22. The number of aromatic nitrogens is 6. The molecule has 0 atom stereocenters. The average Bonchev–Trinajstić information content (AvgIpc) is 3.18. The van der Waals surface area contributed by atoms with Crippen LogP contribution in [0.4, 0.5) is 0 Å². The summed E-state index contributed by atoms with van der Waals surface area (Å²) in [6.45, 7) is 0. The van der Waals surface area contributed by atoms with Crippen molar-refractivity contribution in [1.29, 1.82) is 0 Å². The van der Waals surface area contributed by atoms with Gasteiger partial charge in [-0.25, -0.2) is 28.8 Å². The van der Waals surface area contributed by atoms with Gasteiger partial charge in [-0.1, -0.05) is 0 Å². The van der Waals surface area contributed by atoms with E-state index < -0.39 is 35.8 Å². The van der Waals surface area contributed by atoms with Gasteiger partial charge in [0, 0.05) is 56.7 Å². The van der Waals surface area contributed by atoms with Crippen LogP contribution < -0.4 is 0 Å². The molecular formula is C36H25ClN6O12Ru. The zero-order chi connectivity index (χ0) is 39.4. The molecule has 6 aromatic rings. The number of aromatic carboxylic acids is 6. The van der Waals surface area contributed by atoms with Crippen LogP contribution >= 0.6 is 12.4 Å². The van der Waals surface area contributed by atoms with Gasteiger partial charge in [0.15, 0.2) is 0 Å². The SMILES string of the molecule is Cl.O=C(O)c1ccnc(-c2cc(C(=O)O)ccn2)c1.O=C(O)c1ccnc(-c2cc(C(=O)O)ccn2)c1.O=C(O)c1ccnc(-c2cc(C(=O)O)ccn2)c1.[Ru]. The van der Waals surface area contributed by atoms with Crippen LogP contribution in [0.15, 0.2) is 110 Å². The second kappa shape index (κ2) is 20.8. The van der Waals surface area contributed by atoms with E-state index in [1.54, 1.807) is 0 Å². The summed E-state index contributed by atoms with van der Waals surface area (Å²) in [7, 11) is 0. The normalized spacial score (nSPS) is 9.64. The van der Waals surface area contributed by atoms with Crippen molar-refractivity contribution in [2.24, 2.45) is 0 Å². The molecule has 0 aliphatic carbocycles. The first-order valence-corrected chi connectivity index (χ1v) is 14.9. The number of carboxylic acids is 6. The summed E-state index contributed by atoms with van der Waals surface area (Å²) >= 11 is 0. The maximum absolute atomic E-state index is 10.8. The third-order valence-corrected chi connectivity index (χ3v) is 6.83. The third-order valence-electron chi connectivity index (χ3n) is 6.83. The number of carbonyl (C=O) groups is 6. The van der Waals surface area contributed by atoms with Gasteiger partial charge in [0.25, 0.3) is 0 Å². The van der Waals surface area contributed by atoms with E-state index in [0.29, 0.717) is 34.2 Å². The fraction of sp³-hybridized carbons (Fsp3) is 0. The van der Waals surface area contributed by atoms with Gasteiger partial charge in [0.2, 0.25) is 0 Å². The van der Waals surface area contributed by atoms with Crippen LogP contribution in [-0.4, -0.2) is 96.4 Å². The third kappa shape index (κ3) is 12.4. The molecule has 0 saturated heterocycles. The molecule has 0 aromatic carbocycles. The molecule has 6 N–H and O–H groups in total.